The summed E-state index contributed by atoms with van der Waals surface area (Å²) < 4.78 is 0. The molecule has 0 aromatic heterocycles. The second-order valence-electron chi connectivity index (χ2n) is 7.02. The van der Waals surface area contributed by atoms with Gasteiger partial charge in [-0.2, -0.15) is 0 Å². The van der Waals surface area contributed by atoms with Gasteiger partial charge in [-0.25, -0.2) is 0 Å². The predicted octanol–water partition coefficient (Wildman–Crippen LogP) is 7.77. The maximum Gasteiger partial charge on any atom is 0.0660 e. The molecule has 2 aliphatic rings. The van der Waals surface area contributed by atoms with Crippen LogP contribution < -0.4 is 0 Å². The minimum Gasteiger partial charge on any atom is -0.0786 e. The van der Waals surface area contributed by atoms with Crippen LogP contribution in [-0.2, 0) is 0 Å². The van der Waals surface area contributed by atoms with E-state index in [1.165, 1.54) is 55.3 Å². The van der Waals surface area contributed by atoms with Crippen molar-refractivity contribution in [3.63, 3.8) is 0 Å². The van der Waals surface area contributed by atoms with Gasteiger partial charge in [0.05, 0.1) is 9.65 Å². The van der Waals surface area contributed by atoms with E-state index in [0.29, 0.717) is 0 Å². The second-order valence-corrected chi connectivity index (χ2v) is 8.85. The predicted molar refractivity (Wildman–Crippen MR) is 116 cm³/mol. The summed E-state index contributed by atoms with van der Waals surface area (Å²) in [7, 11) is 0. The van der Waals surface area contributed by atoms with Gasteiger partial charge in [-0.15, -0.1) is 0 Å². The summed E-state index contributed by atoms with van der Waals surface area (Å²) in [6.45, 7) is 0. The van der Waals surface area contributed by atoms with Gasteiger partial charge in [0, 0.05) is 0 Å². The van der Waals surface area contributed by atoms with Gasteiger partial charge in [-0.3, -0.25) is 0 Å². The summed E-state index contributed by atoms with van der Waals surface area (Å²) in [5.41, 5.74) is 11.1. The van der Waals surface area contributed by atoms with Crippen LogP contribution in [-0.4, -0.2) is 0 Å². The van der Waals surface area contributed by atoms with Crippen molar-refractivity contribution >= 4 is 42.6 Å². The lowest BCUT2D eigenvalue weighted by Gasteiger charge is -2.17. The normalized spacial score (nSPS) is 19.2. The summed E-state index contributed by atoms with van der Waals surface area (Å²) >= 11 is 8.05. The smallest absolute Gasteiger partial charge is 0.0660 e. The molecule has 4 aromatic rings. The standard InChI is InChI=1S/C24H14Br2/c25-23-17-11-5-3-9-15(17)19-13-7-1-2-8-14(13)20-16-10-4-6-12-18(16)24(26)22(20)21(19)23/h1-12,23-24H. The van der Waals surface area contributed by atoms with Gasteiger partial charge in [0.2, 0.25) is 0 Å². The molecule has 0 spiro atoms. The van der Waals surface area contributed by atoms with Crippen molar-refractivity contribution in [1.82, 2.24) is 0 Å². The first-order valence-corrected chi connectivity index (χ1v) is 10.7. The number of hydrogen-bond donors (Lipinski definition) is 0. The van der Waals surface area contributed by atoms with E-state index in [-0.39, 0.29) is 9.65 Å². The Morgan fingerprint density at radius 1 is 0.500 bits per heavy atom. The van der Waals surface area contributed by atoms with E-state index in [1.54, 1.807) is 0 Å². The summed E-state index contributed by atoms with van der Waals surface area (Å²) in [6.07, 6.45) is 0. The fourth-order valence-corrected chi connectivity index (χ4v) is 6.54. The molecule has 2 aliphatic carbocycles. The number of benzene rings is 4. The first kappa shape index (κ1) is 15.2. The van der Waals surface area contributed by atoms with Gasteiger partial charge in [-0.1, -0.05) is 105 Å². The molecule has 2 atom stereocenters. The molecule has 0 saturated heterocycles. The van der Waals surface area contributed by atoms with Crippen molar-refractivity contribution in [2.45, 2.75) is 9.65 Å². The first-order valence-electron chi connectivity index (χ1n) is 8.82. The fourth-order valence-electron chi connectivity index (χ4n) is 4.79. The van der Waals surface area contributed by atoms with Gasteiger partial charge in [0.15, 0.2) is 0 Å². The Morgan fingerprint density at radius 3 is 1.35 bits per heavy atom. The van der Waals surface area contributed by atoms with Crippen molar-refractivity contribution < 1.29 is 0 Å². The van der Waals surface area contributed by atoms with E-state index in [2.05, 4.69) is 105 Å². The molecule has 6 rings (SSSR count). The van der Waals surface area contributed by atoms with E-state index in [4.69, 9.17) is 0 Å². The lowest BCUT2D eigenvalue weighted by Crippen LogP contribution is -1.97. The summed E-state index contributed by atoms with van der Waals surface area (Å²) in [4.78, 5) is 0.475. The average Bonchev–Trinajstić information content (AvgIpc) is 3.16. The van der Waals surface area contributed by atoms with E-state index in [9.17, 15) is 0 Å². The molecule has 0 N–H and O–H groups in total. The second kappa shape index (κ2) is 5.31. The minimum atomic E-state index is 0.237. The molecule has 0 heterocycles. The number of halogens is 2. The summed E-state index contributed by atoms with van der Waals surface area (Å²) in [6, 6.07) is 26.5. The van der Waals surface area contributed by atoms with Crippen LogP contribution in [0.5, 0.6) is 0 Å². The molecule has 2 heteroatoms. The van der Waals surface area contributed by atoms with Crippen molar-refractivity contribution in [2.75, 3.05) is 0 Å². The van der Waals surface area contributed by atoms with Crippen LogP contribution in [0.1, 0.15) is 31.9 Å². The van der Waals surface area contributed by atoms with Gasteiger partial charge in [-0.05, 0) is 55.3 Å². The van der Waals surface area contributed by atoms with Crippen molar-refractivity contribution in [2.24, 2.45) is 0 Å². The Bertz CT molecular complexity index is 1130. The number of rotatable bonds is 0. The van der Waals surface area contributed by atoms with E-state index < -0.39 is 0 Å². The molecular formula is C24H14Br2. The maximum absolute atomic E-state index is 4.03. The third-order valence-electron chi connectivity index (χ3n) is 5.81. The van der Waals surface area contributed by atoms with Gasteiger partial charge < -0.3 is 0 Å². The number of fused-ring (bicyclic) bond motifs is 10. The molecule has 0 amide bonds. The molecule has 0 radical (unpaired) electrons. The highest BCUT2D eigenvalue weighted by molar-refractivity contribution is 9.09. The van der Waals surface area contributed by atoms with Crippen LogP contribution in [0.4, 0.5) is 0 Å². The quantitative estimate of drug-likeness (QED) is 0.234. The highest BCUT2D eigenvalue weighted by atomic mass is 79.9. The van der Waals surface area contributed by atoms with E-state index >= 15 is 0 Å². The lowest BCUT2D eigenvalue weighted by molar-refractivity contribution is 1.15. The third-order valence-corrected chi connectivity index (χ3v) is 7.71. The molecule has 0 aliphatic heterocycles. The molecule has 0 saturated carbocycles. The first-order chi connectivity index (χ1) is 12.8. The van der Waals surface area contributed by atoms with Crippen molar-refractivity contribution in [3.05, 3.63) is 95.1 Å². The van der Waals surface area contributed by atoms with Crippen LogP contribution >= 0.6 is 31.9 Å². The average molecular weight is 462 g/mol. The maximum atomic E-state index is 4.03. The van der Waals surface area contributed by atoms with Crippen LogP contribution in [0.2, 0.25) is 0 Å². The molecule has 0 nitrogen and oxygen atoms in total. The molecule has 0 bridgehead atoms. The van der Waals surface area contributed by atoms with Crippen molar-refractivity contribution in [1.29, 1.82) is 0 Å². The molecule has 26 heavy (non-hydrogen) atoms. The Kier molecular flexibility index (Phi) is 3.10. The zero-order chi connectivity index (χ0) is 17.4. The Labute approximate surface area is 169 Å². The molecule has 124 valence electrons. The van der Waals surface area contributed by atoms with Crippen LogP contribution in [0.25, 0.3) is 33.0 Å². The monoisotopic (exact) mass is 460 g/mol. The molecule has 4 aromatic carbocycles. The lowest BCUT2D eigenvalue weighted by atomic mass is 9.89. The fraction of sp³-hybridized carbons (Fsp3) is 0.0833. The zero-order valence-corrected chi connectivity index (χ0v) is 17.0. The Balaban J connectivity index is 1.86. The van der Waals surface area contributed by atoms with Crippen LogP contribution in [0.15, 0.2) is 72.8 Å². The number of alkyl halides is 2. The van der Waals surface area contributed by atoms with E-state index in [1.807, 2.05) is 0 Å². The van der Waals surface area contributed by atoms with Crippen molar-refractivity contribution in [3.8, 4) is 22.3 Å². The van der Waals surface area contributed by atoms with Gasteiger partial charge >= 0.3 is 0 Å². The number of hydrogen-bond acceptors (Lipinski definition) is 0. The highest BCUT2D eigenvalue weighted by Crippen LogP contribution is 2.60. The Hall–Kier alpha value is -1.90. The van der Waals surface area contributed by atoms with E-state index in [0.717, 1.165) is 0 Å². The van der Waals surface area contributed by atoms with Crippen LogP contribution in [0.3, 0.4) is 0 Å². The molecular weight excluding hydrogens is 448 g/mol. The van der Waals surface area contributed by atoms with Gasteiger partial charge in [0.25, 0.3) is 0 Å². The molecule has 2 unspecified atom stereocenters. The summed E-state index contributed by atoms with van der Waals surface area (Å²) in [5, 5.41) is 2.71. The summed E-state index contributed by atoms with van der Waals surface area (Å²) in [5.74, 6) is 0. The highest BCUT2D eigenvalue weighted by Gasteiger charge is 2.38. The zero-order valence-electron chi connectivity index (χ0n) is 13.8. The third kappa shape index (κ3) is 1.74. The van der Waals surface area contributed by atoms with Gasteiger partial charge in [0.1, 0.15) is 0 Å². The minimum absolute atomic E-state index is 0.237. The topological polar surface area (TPSA) is 0 Å². The Morgan fingerprint density at radius 2 is 0.885 bits per heavy atom. The SMILES string of the molecule is BrC1c2ccccc2-c2c1c1c(c3ccccc23)-c2ccccc2C1Br. The van der Waals surface area contributed by atoms with Crippen LogP contribution in [0, 0.1) is 0 Å². The molecule has 0 fully saturated rings. The largest absolute Gasteiger partial charge is 0.0786 e.